The Bertz CT molecular complexity index is 1150. The van der Waals surface area contributed by atoms with E-state index in [4.69, 9.17) is 0 Å². The van der Waals surface area contributed by atoms with Crippen molar-refractivity contribution in [1.82, 2.24) is 9.71 Å². The van der Waals surface area contributed by atoms with Gasteiger partial charge in [-0.2, -0.15) is 8.78 Å². The van der Waals surface area contributed by atoms with Crippen molar-refractivity contribution >= 4 is 38.1 Å². The molecule has 1 N–H and O–H groups in total. The van der Waals surface area contributed by atoms with Crippen LogP contribution in [0.1, 0.15) is 20.9 Å². The van der Waals surface area contributed by atoms with Gasteiger partial charge in [0.2, 0.25) is 10.0 Å². The highest BCUT2D eigenvalue weighted by Gasteiger charge is 2.22. The van der Waals surface area contributed by atoms with Crippen LogP contribution < -0.4 is 14.4 Å². The predicted molar refractivity (Wildman–Crippen MR) is 115 cm³/mol. The molecule has 0 radical (unpaired) electrons. The normalized spacial score (nSPS) is 11.4. The first-order chi connectivity index (χ1) is 14.6. The molecule has 11 heteroatoms. The van der Waals surface area contributed by atoms with Gasteiger partial charge in [0.1, 0.15) is 11.4 Å². The first-order valence-corrected chi connectivity index (χ1v) is 11.7. The smallest absolute Gasteiger partial charge is 0.387 e. The Morgan fingerprint density at radius 3 is 2.39 bits per heavy atom. The standard InChI is InChI=1S/C20H19F2N3O4S2/c1-13-17(18(26)24-31(2,27)28)23-20(30-13)25(12-14-6-4-3-5-7-14)15-8-10-16(11-9-15)29-19(21)22/h3-11,19H,12H2,1-2H3,(H,24,26). The number of hydrogen-bond acceptors (Lipinski definition) is 7. The fraction of sp³-hybridized carbons (Fsp3) is 0.200. The number of sulfonamides is 1. The Morgan fingerprint density at radius 1 is 1.16 bits per heavy atom. The van der Waals surface area contributed by atoms with Crippen molar-refractivity contribution in [3.63, 3.8) is 0 Å². The van der Waals surface area contributed by atoms with Crippen molar-refractivity contribution in [2.45, 2.75) is 20.1 Å². The summed E-state index contributed by atoms with van der Waals surface area (Å²) in [6.07, 6.45) is 0.887. The first-order valence-electron chi connectivity index (χ1n) is 8.98. The van der Waals surface area contributed by atoms with Gasteiger partial charge in [0.05, 0.1) is 12.8 Å². The van der Waals surface area contributed by atoms with E-state index in [0.29, 0.717) is 22.2 Å². The van der Waals surface area contributed by atoms with Gasteiger partial charge in [0.25, 0.3) is 5.91 Å². The molecule has 0 unspecified atom stereocenters. The molecular weight excluding hydrogens is 448 g/mol. The van der Waals surface area contributed by atoms with Gasteiger partial charge in [-0.15, -0.1) is 11.3 Å². The van der Waals surface area contributed by atoms with Crippen molar-refractivity contribution in [3.8, 4) is 5.75 Å². The molecule has 1 heterocycles. The van der Waals surface area contributed by atoms with Gasteiger partial charge in [-0.3, -0.25) is 4.79 Å². The van der Waals surface area contributed by atoms with Gasteiger partial charge in [0, 0.05) is 10.6 Å². The summed E-state index contributed by atoms with van der Waals surface area (Å²) < 4.78 is 54.0. The number of nitrogens with zero attached hydrogens (tertiary/aromatic N) is 2. The average Bonchev–Trinajstić information content (AvgIpc) is 3.07. The van der Waals surface area contributed by atoms with Crippen LogP contribution in [0, 0.1) is 6.92 Å². The number of ether oxygens (including phenoxy) is 1. The summed E-state index contributed by atoms with van der Waals surface area (Å²) in [5, 5.41) is 0.447. The summed E-state index contributed by atoms with van der Waals surface area (Å²) in [4.78, 5) is 19.0. The van der Waals surface area contributed by atoms with Gasteiger partial charge in [-0.05, 0) is 36.8 Å². The Balaban J connectivity index is 1.97. The molecule has 1 aromatic heterocycles. The molecule has 0 bridgehead atoms. The van der Waals surface area contributed by atoms with Crippen molar-refractivity contribution in [1.29, 1.82) is 0 Å². The fourth-order valence-corrected chi connectivity index (χ4v) is 4.13. The number of halogens is 2. The van der Waals surface area contributed by atoms with Crippen molar-refractivity contribution in [2.75, 3.05) is 11.2 Å². The quantitative estimate of drug-likeness (QED) is 0.537. The number of aromatic nitrogens is 1. The van der Waals surface area contributed by atoms with E-state index in [1.807, 2.05) is 35.1 Å². The number of carbonyl (C=O) groups is 1. The lowest BCUT2D eigenvalue weighted by Crippen LogP contribution is -2.30. The molecule has 3 rings (SSSR count). The molecule has 0 saturated carbocycles. The number of carbonyl (C=O) groups excluding carboxylic acids is 1. The molecule has 31 heavy (non-hydrogen) atoms. The van der Waals surface area contributed by atoms with Crippen molar-refractivity contribution in [3.05, 3.63) is 70.7 Å². The zero-order chi connectivity index (χ0) is 22.6. The molecule has 2 aromatic carbocycles. The van der Waals surface area contributed by atoms with Crippen LogP contribution >= 0.6 is 11.3 Å². The maximum Gasteiger partial charge on any atom is 0.387 e. The number of rotatable bonds is 8. The summed E-state index contributed by atoms with van der Waals surface area (Å²) >= 11 is 1.21. The SMILES string of the molecule is Cc1sc(N(Cc2ccccc2)c2ccc(OC(F)F)cc2)nc1C(=O)NS(C)(=O)=O. The van der Waals surface area contributed by atoms with Gasteiger partial charge in [-0.25, -0.2) is 18.1 Å². The number of hydrogen-bond donors (Lipinski definition) is 1. The van der Waals surface area contributed by atoms with Crippen LogP contribution in [-0.4, -0.2) is 32.2 Å². The van der Waals surface area contributed by atoms with Gasteiger partial charge < -0.3 is 9.64 Å². The van der Waals surface area contributed by atoms with Crippen LogP contribution in [-0.2, 0) is 16.6 Å². The summed E-state index contributed by atoms with van der Waals surface area (Å²) in [5.41, 5.74) is 1.58. The molecule has 3 aromatic rings. The molecule has 0 aliphatic heterocycles. The lowest BCUT2D eigenvalue weighted by molar-refractivity contribution is -0.0498. The lowest BCUT2D eigenvalue weighted by atomic mass is 10.2. The van der Waals surface area contributed by atoms with Crippen LogP contribution in [0.25, 0.3) is 0 Å². The second-order valence-corrected chi connectivity index (χ2v) is 9.48. The van der Waals surface area contributed by atoms with E-state index in [9.17, 15) is 22.0 Å². The average molecular weight is 468 g/mol. The molecule has 164 valence electrons. The van der Waals surface area contributed by atoms with E-state index in [2.05, 4.69) is 9.72 Å². The molecule has 0 aliphatic carbocycles. The number of benzene rings is 2. The maximum atomic E-state index is 12.5. The van der Waals surface area contributed by atoms with Crippen molar-refractivity contribution in [2.24, 2.45) is 0 Å². The molecule has 0 atom stereocenters. The lowest BCUT2D eigenvalue weighted by Gasteiger charge is -2.22. The first kappa shape index (κ1) is 22.6. The molecule has 7 nitrogen and oxygen atoms in total. The highest BCUT2D eigenvalue weighted by atomic mass is 32.2. The number of aryl methyl sites for hydroxylation is 1. The van der Waals surface area contributed by atoms with Gasteiger partial charge in [0.15, 0.2) is 5.13 Å². The summed E-state index contributed by atoms with van der Waals surface area (Å²) in [6.45, 7) is -0.877. The highest BCUT2D eigenvalue weighted by Crippen LogP contribution is 2.34. The van der Waals surface area contributed by atoms with Gasteiger partial charge in [-0.1, -0.05) is 30.3 Å². The van der Waals surface area contributed by atoms with E-state index in [1.54, 1.807) is 24.0 Å². The number of nitrogens with one attached hydrogen (secondary N) is 1. The van der Waals surface area contributed by atoms with Crippen LogP contribution in [0.2, 0.25) is 0 Å². The van der Waals surface area contributed by atoms with E-state index < -0.39 is 22.5 Å². The van der Waals surface area contributed by atoms with Crippen LogP contribution in [0.3, 0.4) is 0 Å². The summed E-state index contributed by atoms with van der Waals surface area (Å²) in [7, 11) is -3.74. The van der Waals surface area contributed by atoms with Crippen LogP contribution in [0.15, 0.2) is 54.6 Å². The Morgan fingerprint density at radius 2 is 1.81 bits per heavy atom. The van der Waals surface area contributed by atoms with E-state index in [-0.39, 0.29) is 11.4 Å². The third-order valence-corrected chi connectivity index (χ3v) is 5.62. The zero-order valence-electron chi connectivity index (χ0n) is 16.6. The molecule has 0 spiro atoms. The third kappa shape index (κ3) is 6.22. The second-order valence-electron chi connectivity index (χ2n) is 6.55. The van der Waals surface area contributed by atoms with E-state index >= 15 is 0 Å². The second kappa shape index (κ2) is 9.40. The highest BCUT2D eigenvalue weighted by molar-refractivity contribution is 7.89. The van der Waals surface area contributed by atoms with Crippen molar-refractivity contribution < 1.29 is 26.7 Å². The minimum atomic E-state index is -3.74. The minimum absolute atomic E-state index is 0.00106. The largest absolute Gasteiger partial charge is 0.435 e. The fourth-order valence-electron chi connectivity index (χ4n) is 2.77. The predicted octanol–water partition coefficient (Wildman–Crippen LogP) is 4.08. The number of anilines is 2. The molecule has 0 aliphatic rings. The molecule has 0 fully saturated rings. The maximum absolute atomic E-state index is 12.5. The molecule has 1 amide bonds. The Labute approximate surface area is 182 Å². The zero-order valence-corrected chi connectivity index (χ0v) is 18.2. The Kier molecular flexibility index (Phi) is 6.86. The number of amides is 1. The minimum Gasteiger partial charge on any atom is -0.435 e. The monoisotopic (exact) mass is 467 g/mol. The summed E-state index contributed by atoms with van der Waals surface area (Å²) in [6, 6.07) is 15.5. The molecular formula is C20H19F2N3O4S2. The van der Waals surface area contributed by atoms with E-state index in [1.165, 1.54) is 23.5 Å². The summed E-state index contributed by atoms with van der Waals surface area (Å²) in [5.74, 6) is -0.801. The number of alkyl halides is 2. The third-order valence-electron chi connectivity index (χ3n) is 4.07. The van der Waals surface area contributed by atoms with Gasteiger partial charge >= 0.3 is 6.61 Å². The van der Waals surface area contributed by atoms with Crippen LogP contribution in [0.4, 0.5) is 19.6 Å². The topological polar surface area (TPSA) is 88.6 Å². The number of thiazole rings is 1. The Hall–Kier alpha value is -3.05. The van der Waals surface area contributed by atoms with Crippen LogP contribution in [0.5, 0.6) is 5.75 Å². The van der Waals surface area contributed by atoms with E-state index in [0.717, 1.165) is 11.8 Å². The molecule has 0 saturated heterocycles.